The van der Waals surface area contributed by atoms with Crippen molar-refractivity contribution in [3.8, 4) is 0 Å². The largest absolute Gasteiger partial charge is 0.383 e. The molecule has 0 radical (unpaired) electrons. The van der Waals surface area contributed by atoms with Gasteiger partial charge < -0.3 is 5.73 Å². The summed E-state index contributed by atoms with van der Waals surface area (Å²) < 4.78 is 0.885. The number of dihydropyridines is 1. The van der Waals surface area contributed by atoms with E-state index in [1.54, 1.807) is 0 Å². The zero-order chi connectivity index (χ0) is 6.85. The molecule has 4 heteroatoms. The molecule has 0 aromatic heterocycles. The molecule has 2 N–H and O–H groups in total. The van der Waals surface area contributed by atoms with Gasteiger partial charge in [-0.05, 0) is 15.9 Å². The van der Waals surface area contributed by atoms with Crippen LogP contribution in [0.25, 0.3) is 0 Å². The molecule has 1 heterocycles. The highest BCUT2D eigenvalue weighted by atomic mass is 79.9. The van der Waals surface area contributed by atoms with Gasteiger partial charge in [0.05, 0.1) is 15.9 Å². The Morgan fingerprint density at radius 3 is 2.89 bits per heavy atom. The molecule has 1 aliphatic rings. The van der Waals surface area contributed by atoms with Crippen LogP contribution in [0.4, 0.5) is 0 Å². The average molecular weight is 254 g/mol. The minimum Gasteiger partial charge on any atom is -0.383 e. The Kier molecular flexibility index (Phi) is 2.29. The van der Waals surface area contributed by atoms with E-state index in [1.807, 2.05) is 6.08 Å². The molecular weight excluding hydrogens is 248 g/mol. The van der Waals surface area contributed by atoms with E-state index in [2.05, 4.69) is 36.9 Å². The molecule has 2 nitrogen and oxygen atoms in total. The van der Waals surface area contributed by atoms with E-state index in [0.29, 0.717) is 10.7 Å². The van der Waals surface area contributed by atoms with Crippen molar-refractivity contribution in [1.82, 2.24) is 0 Å². The van der Waals surface area contributed by atoms with Crippen LogP contribution in [0.5, 0.6) is 0 Å². The van der Waals surface area contributed by atoms with Crippen LogP contribution in [-0.4, -0.2) is 17.2 Å². The number of rotatable bonds is 0. The van der Waals surface area contributed by atoms with Gasteiger partial charge in [-0.3, -0.25) is 4.99 Å². The molecule has 0 saturated heterocycles. The molecule has 0 aromatic carbocycles. The highest BCUT2D eigenvalue weighted by molar-refractivity contribution is 9.12. The van der Waals surface area contributed by atoms with E-state index in [1.165, 1.54) is 0 Å². The zero-order valence-corrected chi connectivity index (χ0v) is 7.81. The van der Waals surface area contributed by atoms with Crippen LogP contribution in [-0.2, 0) is 0 Å². The van der Waals surface area contributed by atoms with Gasteiger partial charge in [-0.25, -0.2) is 0 Å². The maximum absolute atomic E-state index is 5.45. The van der Waals surface area contributed by atoms with E-state index >= 15 is 0 Å². The smallest absolute Gasteiger partial charge is 0.132 e. The molecule has 0 bridgehead atoms. The summed E-state index contributed by atoms with van der Waals surface area (Å²) in [6.45, 7) is 0.737. The monoisotopic (exact) mass is 252 g/mol. The first-order valence-electron chi connectivity index (χ1n) is 2.52. The van der Waals surface area contributed by atoms with Crippen molar-refractivity contribution < 1.29 is 0 Å². The van der Waals surface area contributed by atoms with Gasteiger partial charge in [0.1, 0.15) is 5.84 Å². The molecule has 1 unspecified atom stereocenters. The van der Waals surface area contributed by atoms with Crippen molar-refractivity contribution in [2.45, 2.75) is 4.83 Å². The third kappa shape index (κ3) is 1.79. The summed E-state index contributed by atoms with van der Waals surface area (Å²) in [5.74, 6) is 0.589. The number of aliphatic imine (C=N–C) groups is 1. The summed E-state index contributed by atoms with van der Waals surface area (Å²) in [6, 6.07) is 0. The van der Waals surface area contributed by atoms with Crippen LogP contribution < -0.4 is 5.73 Å². The SMILES string of the molecule is NC1=NCC(Br)C=C1Br. The van der Waals surface area contributed by atoms with E-state index in [9.17, 15) is 0 Å². The van der Waals surface area contributed by atoms with Gasteiger partial charge in [0.25, 0.3) is 0 Å². The second-order valence-corrected chi connectivity index (χ2v) is 3.79. The second-order valence-electron chi connectivity index (χ2n) is 1.76. The minimum absolute atomic E-state index is 0.333. The molecule has 0 aliphatic carbocycles. The number of hydrogen-bond donors (Lipinski definition) is 1. The predicted octanol–water partition coefficient (Wildman–Crippen LogP) is 1.40. The molecule has 1 atom stereocenters. The molecule has 0 fully saturated rings. The second kappa shape index (κ2) is 2.84. The normalized spacial score (nSPS) is 27.1. The maximum Gasteiger partial charge on any atom is 0.132 e. The van der Waals surface area contributed by atoms with Crippen LogP contribution in [0.3, 0.4) is 0 Å². The number of nitrogens with two attached hydrogens (primary N) is 1. The lowest BCUT2D eigenvalue weighted by molar-refractivity contribution is 1.02. The Morgan fingerprint density at radius 2 is 2.44 bits per heavy atom. The third-order valence-electron chi connectivity index (χ3n) is 1.01. The van der Waals surface area contributed by atoms with Gasteiger partial charge in [-0.2, -0.15) is 0 Å². The zero-order valence-electron chi connectivity index (χ0n) is 4.64. The van der Waals surface area contributed by atoms with Gasteiger partial charge in [-0.1, -0.05) is 22.0 Å². The fourth-order valence-electron chi connectivity index (χ4n) is 0.558. The highest BCUT2D eigenvalue weighted by Gasteiger charge is 2.08. The molecule has 0 amide bonds. The molecular formula is C5H6Br2N2. The van der Waals surface area contributed by atoms with Crippen LogP contribution >= 0.6 is 31.9 Å². The Morgan fingerprint density at radius 1 is 1.78 bits per heavy atom. The van der Waals surface area contributed by atoms with Gasteiger partial charge in [-0.15, -0.1) is 0 Å². The lowest BCUT2D eigenvalue weighted by Gasteiger charge is -2.09. The van der Waals surface area contributed by atoms with E-state index in [4.69, 9.17) is 5.73 Å². The first-order chi connectivity index (χ1) is 4.20. The minimum atomic E-state index is 0.333. The van der Waals surface area contributed by atoms with Crippen LogP contribution in [0, 0.1) is 0 Å². The lowest BCUT2D eigenvalue weighted by Crippen LogP contribution is -2.19. The van der Waals surface area contributed by atoms with Crippen molar-refractivity contribution in [2.75, 3.05) is 6.54 Å². The number of alkyl halides is 1. The lowest BCUT2D eigenvalue weighted by atomic mass is 10.3. The highest BCUT2D eigenvalue weighted by Crippen LogP contribution is 2.15. The van der Waals surface area contributed by atoms with Crippen molar-refractivity contribution in [3.05, 3.63) is 10.6 Å². The Bertz CT molecular complexity index is 174. The molecule has 50 valence electrons. The average Bonchev–Trinajstić information content (AvgIpc) is 1.80. The summed E-state index contributed by atoms with van der Waals surface area (Å²) in [4.78, 5) is 4.36. The van der Waals surface area contributed by atoms with Crippen molar-refractivity contribution in [2.24, 2.45) is 10.7 Å². The van der Waals surface area contributed by atoms with E-state index < -0.39 is 0 Å². The van der Waals surface area contributed by atoms with Crippen LogP contribution in [0.2, 0.25) is 0 Å². The van der Waals surface area contributed by atoms with Gasteiger partial charge in [0.15, 0.2) is 0 Å². The Balaban J connectivity index is 2.75. The first-order valence-corrected chi connectivity index (χ1v) is 4.22. The topological polar surface area (TPSA) is 38.4 Å². The van der Waals surface area contributed by atoms with E-state index in [-0.39, 0.29) is 0 Å². The quantitative estimate of drug-likeness (QED) is 0.652. The molecule has 0 aromatic rings. The Labute approximate surface area is 70.5 Å². The molecule has 9 heavy (non-hydrogen) atoms. The molecule has 0 saturated carbocycles. The van der Waals surface area contributed by atoms with E-state index in [0.717, 1.165) is 11.0 Å². The summed E-state index contributed by atoms with van der Waals surface area (Å²) in [7, 11) is 0. The standard InChI is InChI=1S/C5H6Br2N2/c6-3-1-4(7)5(8)9-2-3/h1,3H,2H2,(H2,8,9). The van der Waals surface area contributed by atoms with Gasteiger partial charge >= 0.3 is 0 Å². The van der Waals surface area contributed by atoms with Crippen molar-refractivity contribution >= 4 is 37.7 Å². The molecule has 1 rings (SSSR count). The molecule has 1 aliphatic heterocycles. The van der Waals surface area contributed by atoms with Crippen LogP contribution in [0.15, 0.2) is 15.6 Å². The van der Waals surface area contributed by atoms with Gasteiger partial charge in [0.2, 0.25) is 0 Å². The number of halogens is 2. The van der Waals surface area contributed by atoms with Crippen LogP contribution in [0.1, 0.15) is 0 Å². The summed E-state index contributed by atoms with van der Waals surface area (Å²) in [5, 5.41) is 0. The fraction of sp³-hybridized carbons (Fsp3) is 0.400. The van der Waals surface area contributed by atoms with Crippen molar-refractivity contribution in [1.29, 1.82) is 0 Å². The first kappa shape index (κ1) is 7.28. The third-order valence-corrected chi connectivity index (χ3v) is 2.23. The summed E-state index contributed by atoms with van der Waals surface area (Å²) >= 11 is 6.66. The predicted molar refractivity (Wildman–Crippen MR) is 46.2 cm³/mol. The number of hydrogen-bond acceptors (Lipinski definition) is 2. The fourth-order valence-corrected chi connectivity index (χ4v) is 1.77. The summed E-state index contributed by atoms with van der Waals surface area (Å²) in [6.07, 6.45) is 1.99. The van der Waals surface area contributed by atoms with Crippen molar-refractivity contribution in [3.63, 3.8) is 0 Å². The van der Waals surface area contributed by atoms with Gasteiger partial charge in [0, 0.05) is 0 Å². The number of nitrogens with zero attached hydrogens (tertiary/aromatic N) is 1. The Hall–Kier alpha value is 0.170. The number of amidine groups is 1. The maximum atomic E-state index is 5.45. The molecule has 0 spiro atoms. The summed E-state index contributed by atoms with van der Waals surface area (Å²) in [5.41, 5.74) is 5.45.